The fourth-order valence-electron chi connectivity index (χ4n) is 1.69. The minimum Gasteiger partial charge on any atom is -0.343 e. The summed E-state index contributed by atoms with van der Waals surface area (Å²) in [5, 5.41) is 17.4. The first kappa shape index (κ1) is 16.2. The molecule has 8 nitrogen and oxygen atoms in total. The van der Waals surface area contributed by atoms with Crippen LogP contribution in [-0.2, 0) is 17.9 Å². The van der Waals surface area contributed by atoms with Gasteiger partial charge in [-0.05, 0) is 6.92 Å². The Morgan fingerprint density at radius 1 is 1.38 bits per heavy atom. The predicted molar refractivity (Wildman–Crippen MR) is 73.2 cm³/mol. The Labute approximate surface area is 121 Å². The lowest BCUT2D eigenvalue weighted by atomic mass is 10.3. The van der Waals surface area contributed by atoms with Crippen LogP contribution < -0.4 is 11.2 Å². The van der Waals surface area contributed by atoms with E-state index >= 15 is 0 Å². The molecule has 1 aromatic rings. The molecular weight excluding hydrogens is 274 g/mol. The van der Waals surface area contributed by atoms with Crippen LogP contribution in [-0.4, -0.2) is 33.5 Å². The van der Waals surface area contributed by atoms with Crippen molar-refractivity contribution in [2.45, 2.75) is 26.4 Å². The Morgan fingerprint density at radius 2 is 2.05 bits per heavy atom. The van der Waals surface area contributed by atoms with Crippen molar-refractivity contribution in [2.75, 3.05) is 13.6 Å². The minimum absolute atomic E-state index is 0.161. The van der Waals surface area contributed by atoms with Crippen molar-refractivity contribution in [1.29, 1.82) is 10.5 Å². The van der Waals surface area contributed by atoms with E-state index in [1.807, 2.05) is 6.07 Å². The average molecular weight is 289 g/mol. The maximum Gasteiger partial charge on any atom is 0.331 e. The second-order valence-electron chi connectivity index (χ2n) is 4.34. The van der Waals surface area contributed by atoms with Gasteiger partial charge in [0.15, 0.2) is 0 Å². The number of hydrogen-bond acceptors (Lipinski definition) is 5. The lowest BCUT2D eigenvalue weighted by Gasteiger charge is -2.16. The summed E-state index contributed by atoms with van der Waals surface area (Å²) in [6.07, 6.45) is 1.35. The van der Waals surface area contributed by atoms with Crippen LogP contribution in [0.5, 0.6) is 0 Å². The van der Waals surface area contributed by atoms with Crippen molar-refractivity contribution in [3.05, 3.63) is 32.6 Å². The molecule has 110 valence electrons. The molecule has 0 saturated carbocycles. The zero-order chi connectivity index (χ0) is 16.0. The average Bonchev–Trinajstić information content (AvgIpc) is 2.49. The van der Waals surface area contributed by atoms with Crippen LogP contribution >= 0.6 is 0 Å². The number of likely N-dealkylation sites (N-methyl/N-ethyl adjacent to an activating group) is 1. The molecule has 1 heterocycles. The highest BCUT2D eigenvalue weighted by Crippen LogP contribution is 1.92. The molecule has 1 rings (SSSR count). The zero-order valence-electron chi connectivity index (χ0n) is 11.9. The van der Waals surface area contributed by atoms with E-state index in [1.165, 1.54) is 22.7 Å². The standard InChI is InChI=1S/C13H15N5O3/c1-3-17-8-10(7-15)12(20)18(13(17)21)9-11(19)16(2)6-4-5-14/h8H,3-4,6,9H2,1-2H3. The number of aryl methyl sites for hydroxylation is 1. The molecule has 0 fully saturated rings. The van der Waals surface area contributed by atoms with Gasteiger partial charge in [-0.25, -0.2) is 9.36 Å². The first-order valence-corrected chi connectivity index (χ1v) is 6.31. The van der Waals surface area contributed by atoms with Crippen LogP contribution in [0.25, 0.3) is 0 Å². The smallest absolute Gasteiger partial charge is 0.331 e. The lowest BCUT2D eigenvalue weighted by Crippen LogP contribution is -2.44. The molecule has 0 aliphatic carbocycles. The molecule has 0 saturated heterocycles. The van der Waals surface area contributed by atoms with E-state index < -0.39 is 23.7 Å². The molecule has 0 radical (unpaired) electrons. The Bertz CT molecular complexity index is 732. The van der Waals surface area contributed by atoms with Crippen LogP contribution in [0.3, 0.4) is 0 Å². The van der Waals surface area contributed by atoms with Crippen molar-refractivity contribution < 1.29 is 4.79 Å². The number of carbonyl (C=O) groups is 1. The highest BCUT2D eigenvalue weighted by molar-refractivity contribution is 5.75. The molecule has 0 N–H and O–H groups in total. The van der Waals surface area contributed by atoms with Gasteiger partial charge in [0.05, 0.1) is 12.5 Å². The van der Waals surface area contributed by atoms with Gasteiger partial charge in [0.25, 0.3) is 5.56 Å². The molecule has 1 amide bonds. The van der Waals surface area contributed by atoms with Crippen molar-refractivity contribution in [3.63, 3.8) is 0 Å². The van der Waals surface area contributed by atoms with Gasteiger partial charge in [0, 0.05) is 26.3 Å². The number of aromatic nitrogens is 2. The zero-order valence-corrected chi connectivity index (χ0v) is 11.9. The molecule has 0 bridgehead atoms. The number of nitriles is 2. The van der Waals surface area contributed by atoms with E-state index in [0.29, 0.717) is 0 Å². The fraction of sp³-hybridized carbons (Fsp3) is 0.462. The molecule has 0 atom stereocenters. The summed E-state index contributed by atoms with van der Waals surface area (Å²) >= 11 is 0. The lowest BCUT2D eigenvalue weighted by molar-refractivity contribution is -0.130. The third-order valence-corrected chi connectivity index (χ3v) is 2.98. The Hall–Kier alpha value is -2.87. The maximum absolute atomic E-state index is 12.1. The summed E-state index contributed by atoms with van der Waals surface area (Å²) in [7, 11) is 1.48. The van der Waals surface area contributed by atoms with Gasteiger partial charge in [0.1, 0.15) is 18.2 Å². The first-order valence-electron chi connectivity index (χ1n) is 6.31. The van der Waals surface area contributed by atoms with Gasteiger partial charge in [-0.3, -0.25) is 14.2 Å². The number of hydrogen-bond donors (Lipinski definition) is 0. The molecule has 0 aliphatic rings. The highest BCUT2D eigenvalue weighted by Gasteiger charge is 2.16. The molecular formula is C13H15N5O3. The third-order valence-electron chi connectivity index (χ3n) is 2.98. The van der Waals surface area contributed by atoms with Crippen molar-refractivity contribution >= 4 is 5.91 Å². The van der Waals surface area contributed by atoms with Crippen molar-refractivity contribution in [1.82, 2.24) is 14.0 Å². The number of carbonyl (C=O) groups excluding carboxylic acids is 1. The normalized spacial score (nSPS) is 9.71. The van der Waals surface area contributed by atoms with E-state index in [2.05, 4.69) is 0 Å². The van der Waals surface area contributed by atoms with E-state index in [0.717, 1.165) is 4.57 Å². The van der Waals surface area contributed by atoms with Crippen LogP contribution in [0.2, 0.25) is 0 Å². The number of rotatable bonds is 5. The summed E-state index contributed by atoms with van der Waals surface area (Å²) in [4.78, 5) is 37.2. The van der Waals surface area contributed by atoms with Gasteiger partial charge in [0.2, 0.25) is 5.91 Å². The van der Waals surface area contributed by atoms with Crippen molar-refractivity contribution in [3.8, 4) is 12.1 Å². The van der Waals surface area contributed by atoms with Crippen LogP contribution in [0, 0.1) is 22.7 Å². The summed E-state index contributed by atoms with van der Waals surface area (Å²) in [6, 6.07) is 3.62. The largest absolute Gasteiger partial charge is 0.343 e. The monoisotopic (exact) mass is 289 g/mol. The first-order chi connectivity index (χ1) is 9.96. The highest BCUT2D eigenvalue weighted by atomic mass is 16.2. The van der Waals surface area contributed by atoms with E-state index in [4.69, 9.17) is 10.5 Å². The van der Waals surface area contributed by atoms with E-state index in [-0.39, 0.29) is 25.1 Å². The Kier molecular flexibility index (Phi) is 5.44. The van der Waals surface area contributed by atoms with Gasteiger partial charge in [-0.15, -0.1) is 0 Å². The topological polar surface area (TPSA) is 112 Å². The Balaban J connectivity index is 3.18. The number of nitrogens with zero attached hydrogens (tertiary/aromatic N) is 5. The predicted octanol–water partition coefficient (Wildman–Crippen LogP) is -0.726. The van der Waals surface area contributed by atoms with Crippen LogP contribution in [0.1, 0.15) is 18.9 Å². The second kappa shape index (κ2) is 7.06. The SMILES string of the molecule is CCn1cc(C#N)c(=O)n(CC(=O)N(C)CCC#N)c1=O. The van der Waals surface area contributed by atoms with Crippen LogP contribution in [0.4, 0.5) is 0 Å². The molecule has 8 heteroatoms. The molecule has 0 aliphatic heterocycles. The summed E-state index contributed by atoms with van der Waals surface area (Å²) < 4.78 is 1.94. The van der Waals surface area contributed by atoms with E-state index in [1.54, 1.807) is 13.0 Å². The van der Waals surface area contributed by atoms with Crippen molar-refractivity contribution in [2.24, 2.45) is 0 Å². The molecule has 0 aromatic carbocycles. The summed E-state index contributed by atoms with van der Waals surface area (Å²) in [6.45, 7) is 1.74. The van der Waals surface area contributed by atoms with Gasteiger partial charge in [-0.2, -0.15) is 10.5 Å². The second-order valence-corrected chi connectivity index (χ2v) is 4.34. The molecule has 21 heavy (non-hydrogen) atoms. The van der Waals surface area contributed by atoms with Gasteiger partial charge in [-0.1, -0.05) is 0 Å². The van der Waals surface area contributed by atoms with Crippen LogP contribution in [0.15, 0.2) is 15.8 Å². The maximum atomic E-state index is 12.1. The minimum atomic E-state index is -0.783. The quantitative estimate of drug-likeness (QED) is 0.709. The third kappa shape index (κ3) is 3.57. The van der Waals surface area contributed by atoms with Gasteiger partial charge >= 0.3 is 5.69 Å². The number of amides is 1. The Morgan fingerprint density at radius 3 is 2.57 bits per heavy atom. The molecule has 0 spiro atoms. The summed E-state index contributed by atoms with van der Waals surface area (Å²) in [5.74, 6) is -0.470. The summed E-state index contributed by atoms with van der Waals surface area (Å²) in [5.41, 5.74) is -1.61. The molecule has 1 aromatic heterocycles. The van der Waals surface area contributed by atoms with E-state index in [9.17, 15) is 14.4 Å². The van der Waals surface area contributed by atoms with Gasteiger partial charge < -0.3 is 4.90 Å². The molecule has 0 unspecified atom stereocenters. The fourth-order valence-corrected chi connectivity index (χ4v) is 1.69.